The smallest absolute Gasteiger partial charge is 0.349 e. The van der Waals surface area contributed by atoms with Crippen LogP contribution in [0.2, 0.25) is 10.1 Å². The minimum absolute atomic E-state index is 0.00839. The second-order valence-corrected chi connectivity index (χ2v) is 15.6. The summed E-state index contributed by atoms with van der Waals surface area (Å²) in [4.78, 5) is 0. The van der Waals surface area contributed by atoms with Crippen LogP contribution in [-0.4, -0.2) is 58.4 Å². The molecular formula is C21H38O5Si. The zero-order valence-corrected chi connectivity index (χ0v) is 19.0. The van der Waals surface area contributed by atoms with E-state index in [-0.39, 0.29) is 46.7 Å². The van der Waals surface area contributed by atoms with Crippen LogP contribution in [0.4, 0.5) is 0 Å². The van der Waals surface area contributed by atoms with Crippen LogP contribution in [0.5, 0.6) is 0 Å². The van der Waals surface area contributed by atoms with Gasteiger partial charge in [-0.2, -0.15) is 0 Å². The standard InChI is InChI=1S/C21H38O5Si/c1-20(2,3)27(21(4,5)6)23-13-19-16(26-27)10-9-15-18(25-19)12-17-14(24-15)8-7-11-22-17/h14-19H,7-13H2,1-6H3/t14-,15+,16-,17+,18-,19+/m0/s1. The molecule has 156 valence electrons. The molecule has 5 nitrogen and oxygen atoms in total. The molecule has 4 saturated heterocycles. The van der Waals surface area contributed by atoms with Crippen LogP contribution < -0.4 is 0 Å². The van der Waals surface area contributed by atoms with Crippen LogP contribution in [0.15, 0.2) is 0 Å². The summed E-state index contributed by atoms with van der Waals surface area (Å²) < 4.78 is 32.5. The third kappa shape index (κ3) is 3.55. The van der Waals surface area contributed by atoms with E-state index < -0.39 is 8.56 Å². The van der Waals surface area contributed by atoms with Gasteiger partial charge in [-0.25, -0.2) is 0 Å². The van der Waals surface area contributed by atoms with Gasteiger partial charge in [0, 0.05) is 23.1 Å². The largest absolute Gasteiger partial charge is 0.391 e. The molecule has 0 aromatic heterocycles. The van der Waals surface area contributed by atoms with E-state index in [0.717, 1.165) is 38.7 Å². The first kappa shape index (κ1) is 20.3. The van der Waals surface area contributed by atoms with Gasteiger partial charge in [0.1, 0.15) is 6.10 Å². The van der Waals surface area contributed by atoms with E-state index in [4.69, 9.17) is 23.1 Å². The number of rotatable bonds is 0. The van der Waals surface area contributed by atoms with Gasteiger partial charge in [-0.1, -0.05) is 41.5 Å². The summed E-state index contributed by atoms with van der Waals surface area (Å²) in [6.45, 7) is 15.1. The van der Waals surface area contributed by atoms with Gasteiger partial charge in [-0.05, 0) is 25.7 Å². The van der Waals surface area contributed by atoms with E-state index in [1.807, 2.05) is 0 Å². The molecule has 6 atom stereocenters. The van der Waals surface area contributed by atoms with Gasteiger partial charge in [0.15, 0.2) is 0 Å². The first-order chi connectivity index (χ1) is 12.6. The molecule has 4 heterocycles. The maximum Gasteiger partial charge on any atom is 0.349 e. The first-order valence-electron chi connectivity index (χ1n) is 10.8. The number of ether oxygens (including phenoxy) is 3. The fraction of sp³-hybridized carbons (Fsp3) is 1.00. The molecule has 4 rings (SSSR count). The van der Waals surface area contributed by atoms with E-state index in [0.29, 0.717) is 6.61 Å². The van der Waals surface area contributed by atoms with Gasteiger partial charge in [-0.15, -0.1) is 0 Å². The van der Waals surface area contributed by atoms with Crippen LogP contribution in [0, 0.1) is 0 Å². The fourth-order valence-electron chi connectivity index (χ4n) is 5.74. The molecule has 0 unspecified atom stereocenters. The summed E-state index contributed by atoms with van der Waals surface area (Å²) in [6, 6.07) is 0. The summed E-state index contributed by atoms with van der Waals surface area (Å²) in [5.41, 5.74) is 0. The molecule has 6 heteroatoms. The third-order valence-electron chi connectivity index (χ3n) is 6.85. The maximum absolute atomic E-state index is 6.92. The fourth-order valence-corrected chi connectivity index (χ4v) is 10.7. The molecule has 4 fully saturated rings. The average molecular weight is 399 g/mol. The molecule has 0 spiro atoms. The summed E-state index contributed by atoms with van der Waals surface area (Å²) >= 11 is 0. The van der Waals surface area contributed by atoms with Gasteiger partial charge < -0.3 is 23.1 Å². The Hall–Kier alpha value is 0.0169. The van der Waals surface area contributed by atoms with Crippen molar-refractivity contribution in [2.24, 2.45) is 0 Å². The zero-order chi connectivity index (χ0) is 19.4. The quantitative estimate of drug-likeness (QED) is 0.568. The SMILES string of the molecule is CC(C)(C)[Si]1(C(C)(C)C)OC[C@H]2O[C@H]3C[C@H]4OCCC[C@@H]4O[C@@H]3CC[C@@H]2O1. The second-order valence-electron chi connectivity index (χ2n) is 10.9. The Labute approximate surface area is 165 Å². The van der Waals surface area contributed by atoms with Crippen molar-refractivity contribution in [3.8, 4) is 0 Å². The highest BCUT2D eigenvalue weighted by molar-refractivity contribution is 6.73. The molecule has 0 bridgehead atoms. The molecular weight excluding hydrogens is 360 g/mol. The van der Waals surface area contributed by atoms with Crippen LogP contribution >= 0.6 is 0 Å². The molecule has 0 aliphatic carbocycles. The Balaban J connectivity index is 1.52. The van der Waals surface area contributed by atoms with E-state index >= 15 is 0 Å². The third-order valence-corrected chi connectivity index (χ3v) is 12.0. The van der Waals surface area contributed by atoms with Crippen LogP contribution in [0.1, 0.15) is 73.6 Å². The number of fused-ring (bicyclic) bond motifs is 3. The predicted molar refractivity (Wildman–Crippen MR) is 106 cm³/mol. The van der Waals surface area contributed by atoms with E-state index in [9.17, 15) is 0 Å². The van der Waals surface area contributed by atoms with Gasteiger partial charge in [0.25, 0.3) is 0 Å². The van der Waals surface area contributed by atoms with Crippen molar-refractivity contribution >= 4 is 8.56 Å². The van der Waals surface area contributed by atoms with Crippen LogP contribution in [-0.2, 0) is 23.1 Å². The summed E-state index contributed by atoms with van der Waals surface area (Å²) in [5, 5.41) is 0.0170. The Morgan fingerprint density at radius 1 is 0.704 bits per heavy atom. The normalized spacial score (nSPS) is 42.4. The van der Waals surface area contributed by atoms with Crippen molar-refractivity contribution < 1.29 is 23.1 Å². The lowest BCUT2D eigenvalue weighted by Gasteiger charge is -2.54. The van der Waals surface area contributed by atoms with E-state index in [1.165, 1.54) is 0 Å². The molecule has 0 radical (unpaired) electrons. The van der Waals surface area contributed by atoms with E-state index in [1.54, 1.807) is 0 Å². The molecule has 0 aromatic carbocycles. The molecule has 0 amide bonds. The monoisotopic (exact) mass is 398 g/mol. The molecule has 4 aliphatic rings. The Bertz CT molecular complexity index is 526. The predicted octanol–water partition coefficient (Wildman–Crippen LogP) is 4.33. The van der Waals surface area contributed by atoms with E-state index in [2.05, 4.69) is 41.5 Å². The average Bonchev–Trinajstić information content (AvgIpc) is 2.75. The molecule has 0 saturated carbocycles. The Morgan fingerprint density at radius 3 is 2.04 bits per heavy atom. The second kappa shape index (κ2) is 7.06. The summed E-state index contributed by atoms with van der Waals surface area (Å²) in [5.74, 6) is 0. The van der Waals surface area contributed by atoms with Crippen LogP contribution in [0.25, 0.3) is 0 Å². The summed E-state index contributed by atoms with van der Waals surface area (Å²) in [6.07, 6.45) is 6.00. The zero-order valence-electron chi connectivity index (χ0n) is 18.0. The van der Waals surface area contributed by atoms with Crippen molar-refractivity contribution in [1.29, 1.82) is 0 Å². The van der Waals surface area contributed by atoms with Crippen molar-refractivity contribution in [3.63, 3.8) is 0 Å². The van der Waals surface area contributed by atoms with Gasteiger partial charge in [-0.3, -0.25) is 0 Å². The van der Waals surface area contributed by atoms with Crippen molar-refractivity contribution in [3.05, 3.63) is 0 Å². The van der Waals surface area contributed by atoms with Crippen molar-refractivity contribution in [1.82, 2.24) is 0 Å². The lowest BCUT2D eigenvalue weighted by molar-refractivity contribution is -0.225. The van der Waals surface area contributed by atoms with Crippen molar-refractivity contribution in [2.75, 3.05) is 13.2 Å². The van der Waals surface area contributed by atoms with Gasteiger partial charge in [0.05, 0.1) is 37.1 Å². The molecule has 0 aromatic rings. The summed E-state index contributed by atoms with van der Waals surface area (Å²) in [7, 11) is -2.44. The molecule has 27 heavy (non-hydrogen) atoms. The first-order valence-corrected chi connectivity index (χ1v) is 12.7. The van der Waals surface area contributed by atoms with Gasteiger partial charge in [0.2, 0.25) is 0 Å². The lowest BCUT2D eigenvalue weighted by Crippen LogP contribution is -2.65. The Morgan fingerprint density at radius 2 is 1.33 bits per heavy atom. The highest BCUT2D eigenvalue weighted by atomic mass is 28.4. The maximum atomic E-state index is 6.92. The minimum atomic E-state index is -2.44. The highest BCUT2D eigenvalue weighted by Crippen LogP contribution is 2.55. The van der Waals surface area contributed by atoms with Crippen molar-refractivity contribution in [2.45, 2.75) is 120 Å². The number of hydrogen-bond acceptors (Lipinski definition) is 5. The Kier molecular flexibility index (Phi) is 5.31. The van der Waals surface area contributed by atoms with Gasteiger partial charge >= 0.3 is 8.56 Å². The topological polar surface area (TPSA) is 46.2 Å². The minimum Gasteiger partial charge on any atom is -0.391 e. The molecule has 0 N–H and O–H groups in total. The molecule has 4 aliphatic heterocycles. The number of hydrogen-bond donors (Lipinski definition) is 0. The van der Waals surface area contributed by atoms with Crippen LogP contribution in [0.3, 0.4) is 0 Å². The highest BCUT2D eigenvalue weighted by Gasteiger charge is 2.62. The lowest BCUT2D eigenvalue weighted by atomic mass is 9.92.